The highest BCUT2D eigenvalue weighted by atomic mass is 16.1. The maximum Gasteiger partial charge on any atom is 0.168 e. The van der Waals surface area contributed by atoms with E-state index in [0.29, 0.717) is 24.8 Å². The lowest BCUT2D eigenvalue weighted by Gasteiger charge is -2.05. The van der Waals surface area contributed by atoms with Crippen molar-refractivity contribution in [2.75, 3.05) is 6.54 Å². The molecule has 0 aliphatic carbocycles. The van der Waals surface area contributed by atoms with E-state index in [4.69, 9.17) is 5.73 Å². The fraction of sp³-hybridized carbons (Fsp3) is 0.500. The Morgan fingerprint density at radius 1 is 1.73 bits per heavy atom. The van der Waals surface area contributed by atoms with Crippen LogP contribution in [0.15, 0.2) is 12.2 Å². The van der Waals surface area contributed by atoms with E-state index in [-0.39, 0.29) is 5.78 Å². The molecule has 0 amide bonds. The van der Waals surface area contributed by atoms with Gasteiger partial charge in [0.1, 0.15) is 6.29 Å². The second-order valence-corrected chi connectivity index (χ2v) is 2.46. The molecule has 0 radical (unpaired) electrons. The van der Waals surface area contributed by atoms with Gasteiger partial charge in [0, 0.05) is 0 Å². The molecule has 2 N–H and O–H groups in total. The van der Waals surface area contributed by atoms with Gasteiger partial charge < -0.3 is 10.5 Å². The monoisotopic (exact) mass is 155 g/mol. The van der Waals surface area contributed by atoms with Gasteiger partial charge in [0.05, 0.1) is 5.92 Å². The van der Waals surface area contributed by atoms with Crippen LogP contribution in [-0.4, -0.2) is 18.6 Å². The average Bonchev–Trinajstić information content (AvgIpc) is 1.98. The van der Waals surface area contributed by atoms with Crippen molar-refractivity contribution < 1.29 is 9.59 Å². The minimum atomic E-state index is -0.586. The van der Waals surface area contributed by atoms with Gasteiger partial charge in [-0.25, -0.2) is 0 Å². The van der Waals surface area contributed by atoms with Gasteiger partial charge in [-0.05, 0) is 25.5 Å². The van der Waals surface area contributed by atoms with Crippen LogP contribution in [0.4, 0.5) is 0 Å². The van der Waals surface area contributed by atoms with Crippen molar-refractivity contribution in [3.05, 3.63) is 12.2 Å². The zero-order chi connectivity index (χ0) is 8.85. The summed E-state index contributed by atoms with van der Waals surface area (Å²) >= 11 is 0. The number of carbonyl (C=O) groups excluding carboxylic acids is 2. The molecule has 62 valence electrons. The molecule has 0 bridgehead atoms. The summed E-state index contributed by atoms with van der Waals surface area (Å²) in [5.41, 5.74) is 5.61. The third-order valence-electron chi connectivity index (χ3n) is 1.40. The Kier molecular flexibility index (Phi) is 4.38. The van der Waals surface area contributed by atoms with Crippen LogP contribution in [0, 0.1) is 5.92 Å². The summed E-state index contributed by atoms with van der Waals surface area (Å²) in [5.74, 6) is -0.789. The van der Waals surface area contributed by atoms with Crippen LogP contribution in [0.3, 0.4) is 0 Å². The van der Waals surface area contributed by atoms with Crippen LogP contribution < -0.4 is 5.73 Å². The molecular weight excluding hydrogens is 142 g/mol. The molecule has 0 spiro atoms. The fourth-order valence-corrected chi connectivity index (χ4v) is 0.757. The largest absolute Gasteiger partial charge is 0.330 e. The molecule has 0 saturated heterocycles. The Morgan fingerprint density at radius 2 is 2.27 bits per heavy atom. The van der Waals surface area contributed by atoms with E-state index < -0.39 is 5.92 Å². The van der Waals surface area contributed by atoms with Gasteiger partial charge in [0.15, 0.2) is 5.78 Å². The van der Waals surface area contributed by atoms with Crippen molar-refractivity contribution in [3.8, 4) is 0 Å². The Bertz CT molecular complexity index is 175. The molecule has 0 fully saturated rings. The van der Waals surface area contributed by atoms with Crippen molar-refractivity contribution in [2.24, 2.45) is 11.7 Å². The number of nitrogens with two attached hydrogens (primary N) is 1. The molecule has 0 rings (SSSR count). The third kappa shape index (κ3) is 3.09. The summed E-state index contributed by atoms with van der Waals surface area (Å²) in [6.45, 7) is 5.40. The molecular formula is C8H13NO2. The number of carbonyl (C=O) groups is 2. The molecule has 0 aromatic heterocycles. The van der Waals surface area contributed by atoms with Crippen LogP contribution in [0.5, 0.6) is 0 Å². The Balaban J connectivity index is 4.13. The Labute approximate surface area is 66.3 Å². The van der Waals surface area contributed by atoms with E-state index in [2.05, 4.69) is 6.58 Å². The van der Waals surface area contributed by atoms with E-state index >= 15 is 0 Å². The minimum Gasteiger partial charge on any atom is -0.330 e. The second kappa shape index (κ2) is 4.79. The first-order valence-electron chi connectivity index (χ1n) is 3.48. The normalized spacial score (nSPS) is 12.2. The van der Waals surface area contributed by atoms with Gasteiger partial charge in [-0.2, -0.15) is 0 Å². The van der Waals surface area contributed by atoms with Crippen molar-refractivity contribution in [2.45, 2.75) is 13.3 Å². The van der Waals surface area contributed by atoms with E-state index in [1.54, 1.807) is 6.92 Å². The Morgan fingerprint density at radius 3 is 2.55 bits per heavy atom. The minimum absolute atomic E-state index is 0.203. The summed E-state index contributed by atoms with van der Waals surface area (Å²) in [6.07, 6.45) is 1.04. The number of allylic oxidation sites excluding steroid dienone is 1. The SMILES string of the molecule is C=C(C)C(=O)C(C=O)CCN. The number of aldehydes is 1. The lowest BCUT2D eigenvalue weighted by Crippen LogP contribution is -2.20. The number of Topliss-reactive ketones (excluding diaryl/α,β-unsaturated/α-hetero) is 1. The molecule has 0 aliphatic rings. The maximum atomic E-state index is 11.1. The third-order valence-corrected chi connectivity index (χ3v) is 1.40. The maximum absolute atomic E-state index is 11.1. The predicted octanol–water partition coefficient (Wildman–Crippen LogP) is 0.295. The molecule has 0 aromatic carbocycles. The molecule has 3 nitrogen and oxygen atoms in total. The molecule has 0 saturated carbocycles. The summed E-state index contributed by atoms with van der Waals surface area (Å²) in [7, 11) is 0. The topological polar surface area (TPSA) is 60.2 Å². The first-order valence-corrected chi connectivity index (χ1v) is 3.48. The molecule has 1 atom stereocenters. The van der Waals surface area contributed by atoms with Crippen molar-refractivity contribution >= 4 is 12.1 Å². The number of ketones is 1. The number of hydrogen-bond donors (Lipinski definition) is 1. The second-order valence-electron chi connectivity index (χ2n) is 2.46. The standard InChI is InChI=1S/C8H13NO2/c1-6(2)8(11)7(5-10)3-4-9/h5,7H,1,3-4,9H2,2H3. The Hall–Kier alpha value is -0.960. The first-order chi connectivity index (χ1) is 5.13. The lowest BCUT2D eigenvalue weighted by atomic mass is 9.98. The predicted molar refractivity (Wildman–Crippen MR) is 43.0 cm³/mol. The molecule has 3 heteroatoms. The fourth-order valence-electron chi connectivity index (χ4n) is 0.757. The lowest BCUT2D eigenvalue weighted by molar-refractivity contribution is -0.124. The van der Waals surface area contributed by atoms with Crippen LogP contribution in [0.25, 0.3) is 0 Å². The highest BCUT2D eigenvalue weighted by molar-refractivity contribution is 6.03. The van der Waals surface area contributed by atoms with E-state index in [1.165, 1.54) is 0 Å². The van der Waals surface area contributed by atoms with Crippen LogP contribution in [0.1, 0.15) is 13.3 Å². The van der Waals surface area contributed by atoms with Gasteiger partial charge in [-0.15, -0.1) is 0 Å². The van der Waals surface area contributed by atoms with Gasteiger partial charge in [-0.1, -0.05) is 6.58 Å². The zero-order valence-corrected chi connectivity index (χ0v) is 6.67. The molecule has 11 heavy (non-hydrogen) atoms. The van der Waals surface area contributed by atoms with Crippen molar-refractivity contribution in [3.63, 3.8) is 0 Å². The summed E-state index contributed by atoms with van der Waals surface area (Å²) in [6, 6.07) is 0. The molecule has 0 heterocycles. The number of hydrogen-bond acceptors (Lipinski definition) is 3. The molecule has 0 aromatic rings. The number of rotatable bonds is 5. The molecule has 0 aliphatic heterocycles. The zero-order valence-electron chi connectivity index (χ0n) is 6.67. The van der Waals surface area contributed by atoms with Gasteiger partial charge in [0.25, 0.3) is 0 Å². The van der Waals surface area contributed by atoms with Crippen LogP contribution >= 0.6 is 0 Å². The van der Waals surface area contributed by atoms with E-state index in [0.717, 1.165) is 0 Å². The van der Waals surface area contributed by atoms with Gasteiger partial charge in [0.2, 0.25) is 0 Å². The summed E-state index contributed by atoms with van der Waals surface area (Å²) in [5, 5.41) is 0. The first kappa shape index (κ1) is 10.0. The summed E-state index contributed by atoms with van der Waals surface area (Å²) < 4.78 is 0. The van der Waals surface area contributed by atoms with Crippen molar-refractivity contribution in [1.29, 1.82) is 0 Å². The van der Waals surface area contributed by atoms with Gasteiger partial charge >= 0.3 is 0 Å². The molecule has 1 unspecified atom stereocenters. The smallest absolute Gasteiger partial charge is 0.168 e. The van der Waals surface area contributed by atoms with Crippen LogP contribution in [0.2, 0.25) is 0 Å². The van der Waals surface area contributed by atoms with Crippen LogP contribution in [-0.2, 0) is 9.59 Å². The van der Waals surface area contributed by atoms with Crippen molar-refractivity contribution in [1.82, 2.24) is 0 Å². The quantitative estimate of drug-likeness (QED) is 0.353. The van der Waals surface area contributed by atoms with E-state index in [1.807, 2.05) is 0 Å². The van der Waals surface area contributed by atoms with E-state index in [9.17, 15) is 9.59 Å². The van der Waals surface area contributed by atoms with Gasteiger partial charge in [-0.3, -0.25) is 4.79 Å². The summed E-state index contributed by atoms with van der Waals surface area (Å²) in [4.78, 5) is 21.4. The average molecular weight is 155 g/mol. The highest BCUT2D eigenvalue weighted by Crippen LogP contribution is 2.05. The highest BCUT2D eigenvalue weighted by Gasteiger charge is 2.16.